The van der Waals surface area contributed by atoms with Crippen LogP contribution in [0.2, 0.25) is 0 Å². The van der Waals surface area contributed by atoms with Crippen molar-refractivity contribution in [3.05, 3.63) is 72.2 Å². The third-order valence-corrected chi connectivity index (χ3v) is 4.95. The molecule has 0 saturated carbocycles. The number of anilines is 3. The van der Waals surface area contributed by atoms with Crippen LogP contribution in [0.4, 0.5) is 17.2 Å². The molecule has 0 atom stereocenters. The van der Waals surface area contributed by atoms with Crippen LogP contribution in [-0.2, 0) is 0 Å². The van der Waals surface area contributed by atoms with Gasteiger partial charge in [-0.05, 0) is 43.2 Å². The number of nitrogens with zero attached hydrogens (tertiary/aromatic N) is 4. The Balaban J connectivity index is 1.85. The van der Waals surface area contributed by atoms with E-state index >= 15 is 0 Å². The van der Waals surface area contributed by atoms with Crippen molar-refractivity contribution in [3.8, 4) is 11.3 Å². The van der Waals surface area contributed by atoms with E-state index in [2.05, 4.69) is 71.5 Å². The van der Waals surface area contributed by atoms with Crippen LogP contribution >= 0.6 is 0 Å². The normalized spacial score (nSPS) is 11.0. The fraction of sp³-hybridized carbons (Fsp3) is 0.182. The Labute approximate surface area is 159 Å². The van der Waals surface area contributed by atoms with Crippen molar-refractivity contribution in [2.75, 3.05) is 24.3 Å². The van der Waals surface area contributed by atoms with E-state index in [4.69, 9.17) is 4.98 Å². The Kier molecular flexibility index (Phi) is 4.28. The number of rotatable bonds is 4. The molecule has 1 N–H and O–H groups in total. The van der Waals surface area contributed by atoms with E-state index in [1.54, 1.807) is 12.4 Å². The van der Waals surface area contributed by atoms with Gasteiger partial charge in [-0.1, -0.05) is 24.3 Å². The van der Waals surface area contributed by atoms with E-state index in [0.717, 1.165) is 34.1 Å². The summed E-state index contributed by atoms with van der Waals surface area (Å²) < 4.78 is 2.05. The van der Waals surface area contributed by atoms with Crippen molar-refractivity contribution in [2.24, 2.45) is 0 Å². The molecule has 0 unspecified atom stereocenters. The van der Waals surface area contributed by atoms with Crippen molar-refractivity contribution >= 4 is 22.8 Å². The molecule has 0 bridgehead atoms. The first-order chi connectivity index (χ1) is 13.0. The van der Waals surface area contributed by atoms with Gasteiger partial charge in [0.15, 0.2) is 5.65 Å². The highest BCUT2D eigenvalue weighted by molar-refractivity contribution is 5.81. The summed E-state index contributed by atoms with van der Waals surface area (Å²) in [5.41, 5.74) is 7.53. The number of nitrogens with one attached hydrogen (secondary N) is 1. The number of aryl methyl sites for hydroxylation is 1. The Bertz CT molecular complexity index is 1090. The first kappa shape index (κ1) is 17.1. The standard InChI is InChI=1S/C22H23N5/c1-15-6-5-7-19(16(15)2)24-22-21(25-20-14-23-12-13-27(20)22)17-8-10-18(11-9-17)26(3)4/h5-14,24H,1-4H3. The van der Waals surface area contributed by atoms with E-state index in [9.17, 15) is 0 Å². The predicted octanol–water partition coefficient (Wildman–Crippen LogP) is 4.82. The highest BCUT2D eigenvalue weighted by Gasteiger charge is 2.15. The van der Waals surface area contributed by atoms with Crippen LogP contribution in [0.15, 0.2) is 61.1 Å². The molecule has 5 nitrogen and oxygen atoms in total. The lowest BCUT2D eigenvalue weighted by atomic mass is 10.1. The van der Waals surface area contributed by atoms with Gasteiger partial charge >= 0.3 is 0 Å². The maximum atomic E-state index is 4.83. The third kappa shape index (κ3) is 3.12. The summed E-state index contributed by atoms with van der Waals surface area (Å²) in [7, 11) is 4.08. The molecule has 0 aliphatic carbocycles. The SMILES string of the molecule is Cc1cccc(Nc2c(-c3ccc(N(C)C)cc3)nc3cnccn23)c1C. The number of benzene rings is 2. The number of aromatic nitrogens is 3. The quantitative estimate of drug-likeness (QED) is 0.569. The number of hydrogen-bond donors (Lipinski definition) is 1. The topological polar surface area (TPSA) is 45.5 Å². The van der Waals surface area contributed by atoms with Crippen LogP contribution in [0.1, 0.15) is 11.1 Å². The lowest BCUT2D eigenvalue weighted by molar-refractivity contribution is 1.13. The molecule has 136 valence electrons. The molecule has 0 fully saturated rings. The number of fused-ring (bicyclic) bond motifs is 1. The minimum atomic E-state index is 0.817. The lowest BCUT2D eigenvalue weighted by Crippen LogP contribution is -2.08. The maximum absolute atomic E-state index is 4.83. The smallest absolute Gasteiger partial charge is 0.157 e. The molecule has 2 aromatic carbocycles. The van der Waals surface area contributed by atoms with Gasteiger partial charge in [-0.25, -0.2) is 4.98 Å². The van der Waals surface area contributed by atoms with Gasteiger partial charge in [-0.3, -0.25) is 9.38 Å². The van der Waals surface area contributed by atoms with Gasteiger partial charge in [0, 0.05) is 43.4 Å². The second kappa shape index (κ2) is 6.76. The zero-order valence-corrected chi connectivity index (χ0v) is 16.1. The van der Waals surface area contributed by atoms with Gasteiger partial charge < -0.3 is 10.2 Å². The van der Waals surface area contributed by atoms with Crippen molar-refractivity contribution in [2.45, 2.75) is 13.8 Å². The zero-order chi connectivity index (χ0) is 19.0. The Morgan fingerprint density at radius 3 is 2.52 bits per heavy atom. The van der Waals surface area contributed by atoms with Crippen LogP contribution < -0.4 is 10.2 Å². The third-order valence-electron chi connectivity index (χ3n) is 4.95. The predicted molar refractivity (Wildman–Crippen MR) is 112 cm³/mol. The van der Waals surface area contributed by atoms with Gasteiger partial charge in [-0.2, -0.15) is 0 Å². The molecule has 0 radical (unpaired) electrons. The monoisotopic (exact) mass is 357 g/mol. The second-order valence-corrected chi connectivity index (χ2v) is 6.93. The molecule has 0 aliphatic rings. The summed E-state index contributed by atoms with van der Waals surface area (Å²) in [5.74, 6) is 0.943. The molecule has 0 saturated heterocycles. The van der Waals surface area contributed by atoms with Crippen molar-refractivity contribution in [3.63, 3.8) is 0 Å². The molecule has 2 aromatic heterocycles. The molecule has 4 aromatic rings. The van der Waals surface area contributed by atoms with E-state index in [-0.39, 0.29) is 0 Å². The van der Waals surface area contributed by atoms with Crippen molar-refractivity contribution in [1.29, 1.82) is 0 Å². The lowest BCUT2D eigenvalue weighted by Gasteiger charge is -2.14. The van der Waals surface area contributed by atoms with E-state index in [1.807, 2.05) is 24.7 Å². The van der Waals surface area contributed by atoms with Crippen molar-refractivity contribution in [1.82, 2.24) is 14.4 Å². The zero-order valence-electron chi connectivity index (χ0n) is 16.1. The summed E-state index contributed by atoms with van der Waals surface area (Å²) in [6, 6.07) is 14.7. The van der Waals surface area contributed by atoms with Gasteiger partial charge in [0.25, 0.3) is 0 Å². The van der Waals surface area contributed by atoms with Gasteiger partial charge in [0.2, 0.25) is 0 Å². The highest BCUT2D eigenvalue weighted by atomic mass is 15.1. The summed E-state index contributed by atoms with van der Waals surface area (Å²) in [4.78, 5) is 11.1. The van der Waals surface area contributed by atoms with Crippen LogP contribution in [0.3, 0.4) is 0 Å². The van der Waals surface area contributed by atoms with Crippen LogP contribution in [0.25, 0.3) is 16.9 Å². The van der Waals surface area contributed by atoms with E-state index in [1.165, 1.54) is 11.1 Å². The molecule has 0 spiro atoms. The Hall–Kier alpha value is -3.34. The first-order valence-electron chi connectivity index (χ1n) is 8.97. The minimum Gasteiger partial charge on any atom is -0.378 e. The summed E-state index contributed by atoms with van der Waals surface area (Å²) >= 11 is 0. The first-order valence-corrected chi connectivity index (χ1v) is 8.97. The average molecular weight is 357 g/mol. The second-order valence-electron chi connectivity index (χ2n) is 6.93. The minimum absolute atomic E-state index is 0.817. The summed E-state index contributed by atoms with van der Waals surface area (Å²) in [5, 5.41) is 3.60. The molecule has 0 amide bonds. The van der Waals surface area contributed by atoms with Crippen LogP contribution in [0.5, 0.6) is 0 Å². The molecule has 0 aliphatic heterocycles. The molecule has 4 rings (SSSR count). The molecular weight excluding hydrogens is 334 g/mol. The van der Waals surface area contributed by atoms with Gasteiger partial charge in [-0.15, -0.1) is 0 Å². The summed E-state index contributed by atoms with van der Waals surface area (Å²) in [6.45, 7) is 4.26. The Morgan fingerprint density at radius 1 is 1.00 bits per heavy atom. The molecule has 5 heteroatoms. The van der Waals surface area contributed by atoms with Gasteiger partial charge in [0.05, 0.1) is 6.20 Å². The van der Waals surface area contributed by atoms with Gasteiger partial charge in [0.1, 0.15) is 11.5 Å². The van der Waals surface area contributed by atoms with Crippen LogP contribution in [0, 0.1) is 13.8 Å². The Morgan fingerprint density at radius 2 is 1.78 bits per heavy atom. The average Bonchev–Trinajstić information content (AvgIpc) is 3.04. The van der Waals surface area contributed by atoms with Crippen LogP contribution in [-0.4, -0.2) is 28.5 Å². The fourth-order valence-corrected chi connectivity index (χ4v) is 3.16. The van der Waals surface area contributed by atoms with E-state index < -0.39 is 0 Å². The fourth-order valence-electron chi connectivity index (χ4n) is 3.16. The van der Waals surface area contributed by atoms with Crippen molar-refractivity contribution < 1.29 is 0 Å². The molecular formula is C22H23N5. The molecule has 27 heavy (non-hydrogen) atoms. The molecule has 2 heterocycles. The highest BCUT2D eigenvalue weighted by Crippen LogP contribution is 2.33. The number of hydrogen-bond acceptors (Lipinski definition) is 4. The summed E-state index contributed by atoms with van der Waals surface area (Å²) in [6.07, 6.45) is 5.50. The number of imidazole rings is 1. The maximum Gasteiger partial charge on any atom is 0.157 e. The largest absolute Gasteiger partial charge is 0.378 e. The van der Waals surface area contributed by atoms with E-state index in [0.29, 0.717) is 0 Å².